The van der Waals surface area contributed by atoms with Crippen molar-refractivity contribution in [2.24, 2.45) is 10.5 Å². The van der Waals surface area contributed by atoms with Gasteiger partial charge in [0.05, 0.1) is 0 Å². The second kappa shape index (κ2) is 4.18. The van der Waals surface area contributed by atoms with Crippen molar-refractivity contribution in [1.29, 1.82) is 0 Å². The molecule has 15 heavy (non-hydrogen) atoms. The van der Waals surface area contributed by atoms with Crippen molar-refractivity contribution in [3.05, 3.63) is 0 Å². The van der Waals surface area contributed by atoms with E-state index in [0.717, 1.165) is 0 Å². The SMILES string of the molecule is N/C(=N\P(=O)(O)O)N1CCCC1C(=O)O. The van der Waals surface area contributed by atoms with Crippen molar-refractivity contribution in [3.63, 3.8) is 0 Å². The normalized spacial score (nSPS) is 23.2. The van der Waals surface area contributed by atoms with Gasteiger partial charge in [0.15, 0.2) is 0 Å². The number of carboxylic acids is 1. The molecule has 0 aromatic carbocycles. The second-order valence-electron chi connectivity index (χ2n) is 3.16. The smallest absolute Gasteiger partial charge is 0.451 e. The maximum atomic E-state index is 10.7. The van der Waals surface area contributed by atoms with Gasteiger partial charge in [0.1, 0.15) is 6.04 Å². The molecule has 1 fully saturated rings. The van der Waals surface area contributed by atoms with Crippen LogP contribution in [0.2, 0.25) is 0 Å². The molecule has 0 spiro atoms. The van der Waals surface area contributed by atoms with Crippen molar-refractivity contribution < 1.29 is 24.3 Å². The lowest BCUT2D eigenvalue weighted by Gasteiger charge is -2.21. The van der Waals surface area contributed by atoms with E-state index in [1.165, 1.54) is 4.90 Å². The molecular formula is C6H12N3O5P. The quantitative estimate of drug-likeness (QED) is 0.273. The minimum absolute atomic E-state index is 0.340. The zero-order valence-electron chi connectivity index (χ0n) is 7.78. The first kappa shape index (κ1) is 12.0. The van der Waals surface area contributed by atoms with E-state index in [9.17, 15) is 9.36 Å². The standard InChI is InChI=1S/C6H12N3O5P/c7-6(8-15(12,13)14)9-3-1-2-4(9)5(10)11/h4H,1-3H2,(H,10,11)(H4,7,8,12,13,14). The van der Waals surface area contributed by atoms with Gasteiger partial charge >= 0.3 is 13.7 Å². The highest BCUT2D eigenvalue weighted by atomic mass is 31.2. The number of hydrogen-bond donors (Lipinski definition) is 4. The van der Waals surface area contributed by atoms with Crippen LogP contribution >= 0.6 is 7.75 Å². The molecular weight excluding hydrogens is 225 g/mol. The third-order valence-corrected chi connectivity index (χ3v) is 2.53. The topological polar surface area (TPSA) is 136 Å². The second-order valence-corrected chi connectivity index (χ2v) is 4.39. The predicted octanol–water partition coefficient (Wildman–Crippen LogP) is -1.06. The van der Waals surface area contributed by atoms with Gasteiger partial charge in [-0.3, -0.25) is 0 Å². The summed E-state index contributed by atoms with van der Waals surface area (Å²) in [6, 6.07) is -0.847. The lowest BCUT2D eigenvalue weighted by Crippen LogP contribution is -2.44. The maximum Gasteiger partial charge on any atom is 0.451 e. The Bertz CT molecular complexity index is 338. The molecule has 1 atom stereocenters. The van der Waals surface area contributed by atoms with Crippen molar-refractivity contribution in [3.8, 4) is 0 Å². The van der Waals surface area contributed by atoms with Crippen molar-refractivity contribution >= 4 is 19.7 Å². The molecule has 8 nitrogen and oxygen atoms in total. The number of nitrogens with two attached hydrogens (primary N) is 1. The van der Waals surface area contributed by atoms with Gasteiger partial charge in [-0.05, 0) is 12.8 Å². The van der Waals surface area contributed by atoms with Gasteiger partial charge < -0.3 is 25.5 Å². The summed E-state index contributed by atoms with van der Waals surface area (Å²) in [5.74, 6) is -1.50. The lowest BCUT2D eigenvalue weighted by atomic mass is 10.2. The summed E-state index contributed by atoms with van der Waals surface area (Å²) in [7, 11) is -4.60. The summed E-state index contributed by atoms with van der Waals surface area (Å²) >= 11 is 0. The van der Waals surface area contributed by atoms with Crippen molar-refractivity contribution in [2.75, 3.05) is 6.54 Å². The molecule has 9 heteroatoms. The first-order valence-corrected chi connectivity index (χ1v) is 5.78. The molecule has 1 heterocycles. The lowest BCUT2D eigenvalue weighted by molar-refractivity contribution is -0.140. The molecule has 0 aromatic heterocycles. The van der Waals surface area contributed by atoms with Crippen LogP contribution in [-0.2, 0) is 9.36 Å². The molecule has 0 bridgehead atoms. The van der Waals surface area contributed by atoms with Crippen LogP contribution in [0.5, 0.6) is 0 Å². The predicted molar refractivity (Wildman–Crippen MR) is 51.0 cm³/mol. The van der Waals surface area contributed by atoms with E-state index in [4.69, 9.17) is 20.6 Å². The molecule has 0 aliphatic carbocycles. The average molecular weight is 237 g/mol. The van der Waals surface area contributed by atoms with Crippen LogP contribution in [0.15, 0.2) is 4.76 Å². The molecule has 0 aromatic rings. The fourth-order valence-corrected chi connectivity index (χ4v) is 1.87. The first-order valence-electron chi connectivity index (χ1n) is 4.22. The van der Waals surface area contributed by atoms with Crippen LogP contribution in [-0.4, -0.2) is 44.3 Å². The molecule has 0 amide bonds. The fourth-order valence-electron chi connectivity index (χ4n) is 1.49. The number of likely N-dealkylation sites (tertiary alicyclic amines) is 1. The maximum absolute atomic E-state index is 10.7. The number of aliphatic carboxylic acids is 1. The highest BCUT2D eigenvalue weighted by molar-refractivity contribution is 7.50. The minimum atomic E-state index is -4.60. The van der Waals surface area contributed by atoms with E-state index < -0.39 is 25.7 Å². The van der Waals surface area contributed by atoms with Gasteiger partial charge in [-0.2, -0.15) is 0 Å². The monoisotopic (exact) mass is 237 g/mol. The summed E-state index contributed by atoms with van der Waals surface area (Å²) in [5, 5.41) is 8.78. The van der Waals surface area contributed by atoms with Crippen LogP contribution in [0.4, 0.5) is 0 Å². The largest absolute Gasteiger partial charge is 0.480 e. The van der Waals surface area contributed by atoms with Crippen molar-refractivity contribution in [1.82, 2.24) is 4.90 Å². The Kier molecular flexibility index (Phi) is 3.33. The number of nitrogens with zero attached hydrogens (tertiary/aromatic N) is 2. The van der Waals surface area contributed by atoms with Gasteiger partial charge in [0.25, 0.3) is 0 Å². The third kappa shape index (κ3) is 3.19. The van der Waals surface area contributed by atoms with Crippen LogP contribution < -0.4 is 5.73 Å². The first-order chi connectivity index (χ1) is 6.81. The number of rotatable bonds is 2. The minimum Gasteiger partial charge on any atom is -0.480 e. The van der Waals surface area contributed by atoms with Gasteiger partial charge in [0, 0.05) is 6.54 Å². The van der Waals surface area contributed by atoms with Gasteiger partial charge in [-0.25, -0.2) is 9.36 Å². The fraction of sp³-hybridized carbons (Fsp3) is 0.667. The average Bonchev–Trinajstić information content (AvgIpc) is 2.47. The Labute approximate surface area is 85.6 Å². The molecule has 1 aliphatic heterocycles. The summed E-state index contributed by atoms with van der Waals surface area (Å²) in [6.07, 6.45) is 1.00. The van der Waals surface area contributed by atoms with E-state index in [2.05, 4.69) is 4.76 Å². The summed E-state index contributed by atoms with van der Waals surface area (Å²) in [4.78, 5) is 29.0. The van der Waals surface area contributed by atoms with E-state index in [1.54, 1.807) is 0 Å². The Morgan fingerprint density at radius 1 is 1.53 bits per heavy atom. The number of hydrogen-bond acceptors (Lipinski definition) is 2. The molecule has 1 saturated heterocycles. The Hall–Kier alpha value is -1.11. The van der Waals surface area contributed by atoms with E-state index in [0.29, 0.717) is 19.4 Å². The summed E-state index contributed by atoms with van der Waals surface area (Å²) in [6.45, 7) is 0.340. The van der Waals surface area contributed by atoms with Gasteiger partial charge in [-0.15, -0.1) is 4.76 Å². The number of carbonyl (C=O) groups is 1. The highest BCUT2D eigenvalue weighted by Crippen LogP contribution is 2.36. The van der Waals surface area contributed by atoms with Gasteiger partial charge in [0.2, 0.25) is 5.96 Å². The van der Waals surface area contributed by atoms with E-state index in [-0.39, 0.29) is 0 Å². The van der Waals surface area contributed by atoms with Crippen LogP contribution in [0.25, 0.3) is 0 Å². The number of carboxylic acid groups (broad SMARTS) is 1. The molecule has 0 saturated carbocycles. The zero-order chi connectivity index (χ0) is 11.6. The van der Waals surface area contributed by atoms with Crippen LogP contribution in [0.3, 0.4) is 0 Å². The molecule has 86 valence electrons. The van der Waals surface area contributed by atoms with E-state index >= 15 is 0 Å². The summed E-state index contributed by atoms with van der Waals surface area (Å²) < 4.78 is 13.5. The van der Waals surface area contributed by atoms with Crippen LogP contribution in [0, 0.1) is 0 Å². The Balaban J connectivity index is 2.84. The highest BCUT2D eigenvalue weighted by Gasteiger charge is 2.32. The molecule has 5 N–H and O–H groups in total. The molecule has 1 rings (SSSR count). The van der Waals surface area contributed by atoms with Crippen LogP contribution in [0.1, 0.15) is 12.8 Å². The van der Waals surface area contributed by atoms with E-state index in [1.807, 2.05) is 0 Å². The third-order valence-electron chi connectivity index (χ3n) is 2.06. The Morgan fingerprint density at radius 3 is 2.60 bits per heavy atom. The summed E-state index contributed by atoms with van der Waals surface area (Å²) in [5.41, 5.74) is 5.31. The van der Waals surface area contributed by atoms with Crippen molar-refractivity contribution in [2.45, 2.75) is 18.9 Å². The van der Waals surface area contributed by atoms with Gasteiger partial charge in [-0.1, -0.05) is 0 Å². The molecule has 1 aliphatic rings. The molecule has 1 unspecified atom stereocenters. The molecule has 0 radical (unpaired) electrons. The number of guanidine groups is 1. The Morgan fingerprint density at radius 2 is 2.13 bits per heavy atom. The zero-order valence-corrected chi connectivity index (χ0v) is 8.67.